The van der Waals surface area contributed by atoms with E-state index >= 15 is 0 Å². The Labute approximate surface area is 85.2 Å². The third kappa shape index (κ3) is 3.94. The van der Waals surface area contributed by atoms with Crippen molar-refractivity contribution in [2.45, 2.75) is 39.3 Å². The van der Waals surface area contributed by atoms with Crippen LogP contribution in [0.3, 0.4) is 0 Å². The molecule has 2 N–H and O–H groups in total. The zero-order valence-corrected chi connectivity index (χ0v) is 8.79. The van der Waals surface area contributed by atoms with E-state index < -0.39 is 0 Å². The Morgan fingerprint density at radius 1 is 1.43 bits per heavy atom. The summed E-state index contributed by atoms with van der Waals surface area (Å²) in [6.45, 7) is 4.08. The fraction of sp³-hybridized carbons (Fsp3) is 0.636. The largest absolute Gasteiger partial charge is 0.467 e. The maximum absolute atomic E-state index is 5.46. The topological polar surface area (TPSA) is 48.4 Å². The first-order chi connectivity index (χ1) is 6.86. The molecule has 0 saturated carbocycles. The molecule has 0 aliphatic heterocycles. The van der Waals surface area contributed by atoms with Gasteiger partial charge < -0.3 is 14.9 Å². The lowest BCUT2D eigenvalue weighted by atomic mass is 10.3. The molecular formula is C11H19NO2. The van der Waals surface area contributed by atoms with Gasteiger partial charge in [0.25, 0.3) is 0 Å². The average molecular weight is 197 g/mol. The number of nitrogens with two attached hydrogens (primary N) is 1. The van der Waals surface area contributed by atoms with Crippen LogP contribution in [0.15, 0.2) is 16.7 Å². The zero-order valence-electron chi connectivity index (χ0n) is 8.79. The highest BCUT2D eigenvalue weighted by Gasteiger charge is 1.99. The van der Waals surface area contributed by atoms with Crippen LogP contribution in [-0.2, 0) is 17.9 Å². The van der Waals surface area contributed by atoms with Gasteiger partial charge in [0.05, 0.1) is 6.26 Å². The Morgan fingerprint density at radius 3 is 2.93 bits per heavy atom. The van der Waals surface area contributed by atoms with Crippen LogP contribution in [-0.4, -0.2) is 6.61 Å². The van der Waals surface area contributed by atoms with E-state index in [-0.39, 0.29) is 0 Å². The van der Waals surface area contributed by atoms with E-state index in [2.05, 4.69) is 6.92 Å². The maximum Gasteiger partial charge on any atom is 0.129 e. The van der Waals surface area contributed by atoms with Crippen molar-refractivity contribution in [3.05, 3.63) is 23.7 Å². The molecule has 0 saturated heterocycles. The molecule has 0 bridgehead atoms. The minimum atomic E-state index is 0.527. The van der Waals surface area contributed by atoms with Gasteiger partial charge in [0.2, 0.25) is 0 Å². The number of hydrogen-bond donors (Lipinski definition) is 1. The van der Waals surface area contributed by atoms with Gasteiger partial charge in [-0.1, -0.05) is 19.8 Å². The lowest BCUT2D eigenvalue weighted by Gasteiger charge is -2.00. The van der Waals surface area contributed by atoms with Crippen LogP contribution in [0.4, 0.5) is 0 Å². The Hall–Kier alpha value is -0.800. The van der Waals surface area contributed by atoms with E-state index in [1.54, 1.807) is 6.26 Å². The molecule has 1 heterocycles. The van der Waals surface area contributed by atoms with Gasteiger partial charge in [-0.05, 0) is 12.5 Å². The second-order valence-electron chi connectivity index (χ2n) is 3.39. The van der Waals surface area contributed by atoms with Crippen molar-refractivity contribution in [1.82, 2.24) is 0 Å². The average Bonchev–Trinajstić information content (AvgIpc) is 2.65. The van der Waals surface area contributed by atoms with E-state index in [4.69, 9.17) is 14.9 Å². The molecule has 0 fully saturated rings. The molecule has 1 aromatic rings. The molecule has 0 spiro atoms. The Balaban J connectivity index is 2.12. The fourth-order valence-corrected chi connectivity index (χ4v) is 1.24. The lowest BCUT2D eigenvalue weighted by Crippen LogP contribution is -1.95. The van der Waals surface area contributed by atoms with E-state index in [1.165, 1.54) is 12.8 Å². The lowest BCUT2D eigenvalue weighted by molar-refractivity contribution is 0.103. The molecule has 1 rings (SSSR count). The molecule has 3 heteroatoms. The Kier molecular flexibility index (Phi) is 5.33. The van der Waals surface area contributed by atoms with Gasteiger partial charge in [0.1, 0.15) is 12.4 Å². The monoisotopic (exact) mass is 197 g/mol. The third-order valence-corrected chi connectivity index (χ3v) is 2.08. The highest BCUT2D eigenvalue weighted by molar-refractivity contribution is 5.11. The van der Waals surface area contributed by atoms with Crippen molar-refractivity contribution in [3.8, 4) is 0 Å². The van der Waals surface area contributed by atoms with Gasteiger partial charge >= 0.3 is 0 Å². The van der Waals surface area contributed by atoms with E-state index in [9.17, 15) is 0 Å². The van der Waals surface area contributed by atoms with Crippen LogP contribution in [0, 0.1) is 0 Å². The van der Waals surface area contributed by atoms with Gasteiger partial charge in [0.15, 0.2) is 0 Å². The summed E-state index contributed by atoms with van der Waals surface area (Å²) in [5.74, 6) is 0.863. The SMILES string of the molecule is CCCCCOCc1cc(CN)co1. The summed E-state index contributed by atoms with van der Waals surface area (Å²) in [4.78, 5) is 0. The first kappa shape index (κ1) is 11.3. The number of unbranched alkanes of at least 4 members (excludes halogenated alkanes) is 2. The molecule has 14 heavy (non-hydrogen) atoms. The van der Waals surface area contributed by atoms with Crippen molar-refractivity contribution < 1.29 is 9.15 Å². The summed E-state index contributed by atoms with van der Waals surface area (Å²) in [6, 6.07) is 1.94. The smallest absolute Gasteiger partial charge is 0.129 e. The quantitative estimate of drug-likeness (QED) is 0.683. The van der Waals surface area contributed by atoms with Crippen molar-refractivity contribution in [1.29, 1.82) is 0 Å². The highest BCUT2D eigenvalue weighted by atomic mass is 16.5. The van der Waals surface area contributed by atoms with Crippen LogP contribution in [0.1, 0.15) is 37.5 Å². The Morgan fingerprint density at radius 2 is 2.29 bits per heavy atom. The summed E-state index contributed by atoms with van der Waals surface area (Å²) in [6.07, 6.45) is 5.26. The third-order valence-electron chi connectivity index (χ3n) is 2.08. The van der Waals surface area contributed by atoms with Crippen LogP contribution < -0.4 is 5.73 Å². The van der Waals surface area contributed by atoms with E-state index in [1.807, 2.05) is 6.07 Å². The normalized spacial score (nSPS) is 10.7. The minimum Gasteiger partial charge on any atom is -0.467 e. The highest BCUT2D eigenvalue weighted by Crippen LogP contribution is 2.08. The molecule has 0 unspecified atom stereocenters. The first-order valence-corrected chi connectivity index (χ1v) is 5.21. The van der Waals surface area contributed by atoms with Crippen molar-refractivity contribution in [3.63, 3.8) is 0 Å². The van der Waals surface area contributed by atoms with Gasteiger partial charge in [-0.3, -0.25) is 0 Å². The van der Waals surface area contributed by atoms with Crippen molar-refractivity contribution in [2.75, 3.05) is 6.61 Å². The molecular weight excluding hydrogens is 178 g/mol. The second kappa shape index (κ2) is 6.62. The molecule has 0 aliphatic carbocycles. The van der Waals surface area contributed by atoms with Gasteiger partial charge in [0, 0.05) is 18.7 Å². The molecule has 80 valence electrons. The molecule has 0 aromatic carbocycles. The maximum atomic E-state index is 5.46. The van der Waals surface area contributed by atoms with Gasteiger partial charge in [-0.2, -0.15) is 0 Å². The minimum absolute atomic E-state index is 0.527. The summed E-state index contributed by atoms with van der Waals surface area (Å²) in [5.41, 5.74) is 6.48. The first-order valence-electron chi connectivity index (χ1n) is 5.21. The molecule has 3 nitrogen and oxygen atoms in total. The number of furan rings is 1. The molecule has 0 atom stereocenters. The second-order valence-corrected chi connectivity index (χ2v) is 3.39. The van der Waals surface area contributed by atoms with E-state index in [0.29, 0.717) is 13.2 Å². The van der Waals surface area contributed by atoms with Gasteiger partial charge in [-0.25, -0.2) is 0 Å². The summed E-state index contributed by atoms with van der Waals surface area (Å²) in [7, 11) is 0. The number of rotatable bonds is 7. The zero-order chi connectivity index (χ0) is 10.2. The fourth-order valence-electron chi connectivity index (χ4n) is 1.24. The Bertz CT molecular complexity index is 245. The number of hydrogen-bond acceptors (Lipinski definition) is 3. The van der Waals surface area contributed by atoms with Crippen LogP contribution in [0.2, 0.25) is 0 Å². The van der Waals surface area contributed by atoms with Crippen molar-refractivity contribution in [2.24, 2.45) is 5.73 Å². The van der Waals surface area contributed by atoms with Crippen molar-refractivity contribution >= 4 is 0 Å². The summed E-state index contributed by atoms with van der Waals surface area (Å²) >= 11 is 0. The molecule has 1 aromatic heterocycles. The van der Waals surface area contributed by atoms with Crippen LogP contribution in [0.5, 0.6) is 0 Å². The van der Waals surface area contributed by atoms with Crippen LogP contribution in [0.25, 0.3) is 0 Å². The van der Waals surface area contributed by atoms with Crippen LogP contribution >= 0.6 is 0 Å². The standard InChI is InChI=1S/C11H19NO2/c1-2-3-4-5-13-9-11-6-10(7-12)8-14-11/h6,8H,2-5,7,9,12H2,1H3. The molecule has 0 aliphatic rings. The molecule has 0 amide bonds. The van der Waals surface area contributed by atoms with E-state index in [0.717, 1.165) is 24.4 Å². The predicted octanol–water partition coefficient (Wildman–Crippen LogP) is 2.45. The summed E-state index contributed by atoms with van der Waals surface area (Å²) < 4.78 is 10.7. The predicted molar refractivity (Wildman–Crippen MR) is 55.8 cm³/mol. The number of ether oxygens (including phenoxy) is 1. The van der Waals surface area contributed by atoms with Gasteiger partial charge in [-0.15, -0.1) is 0 Å². The summed E-state index contributed by atoms with van der Waals surface area (Å²) in [5, 5.41) is 0. The molecule has 0 radical (unpaired) electrons.